The summed E-state index contributed by atoms with van der Waals surface area (Å²) in [6, 6.07) is 9.44. The smallest absolute Gasteiger partial charge is 0.259 e. The molecular weight excluding hydrogens is 430 g/mol. The predicted molar refractivity (Wildman–Crippen MR) is 105 cm³/mol. The monoisotopic (exact) mass is 440 g/mol. The van der Waals surface area contributed by atoms with E-state index in [0.29, 0.717) is 21.0 Å². The molecule has 0 atom stereocenters. The highest BCUT2D eigenvalue weighted by atomic mass is 35.5. The molecule has 2 amide bonds. The van der Waals surface area contributed by atoms with Crippen LogP contribution in [-0.2, 0) is 4.79 Å². The molecule has 0 aliphatic rings. The molecule has 1 aromatic heterocycles. The first-order valence-electron chi connectivity index (χ1n) is 7.69. The SMILES string of the molecule is O=C(CSc1nnc(NC(=O)c2ccccc2Cl)s1)Nc1ccc(F)cc1F. The zero-order valence-electron chi connectivity index (χ0n) is 13.9. The van der Waals surface area contributed by atoms with E-state index >= 15 is 0 Å². The molecule has 2 N–H and O–H groups in total. The van der Waals surface area contributed by atoms with E-state index < -0.39 is 23.4 Å². The minimum absolute atomic E-state index is 0.0656. The molecule has 0 bridgehead atoms. The van der Waals surface area contributed by atoms with Gasteiger partial charge in [0.15, 0.2) is 4.34 Å². The highest BCUT2D eigenvalue weighted by Gasteiger charge is 2.14. The highest BCUT2D eigenvalue weighted by Crippen LogP contribution is 2.26. The maximum atomic E-state index is 13.5. The van der Waals surface area contributed by atoms with Gasteiger partial charge in [-0.05, 0) is 24.3 Å². The van der Waals surface area contributed by atoms with Gasteiger partial charge in [-0.3, -0.25) is 14.9 Å². The van der Waals surface area contributed by atoms with Crippen molar-refractivity contribution < 1.29 is 18.4 Å². The molecule has 1 heterocycles. The minimum Gasteiger partial charge on any atom is -0.323 e. The Kier molecular flexibility index (Phi) is 6.55. The molecule has 0 unspecified atom stereocenters. The molecule has 2 aromatic carbocycles. The van der Waals surface area contributed by atoms with Crippen molar-refractivity contribution in [2.24, 2.45) is 0 Å². The van der Waals surface area contributed by atoms with Crippen LogP contribution in [0.1, 0.15) is 10.4 Å². The number of aromatic nitrogens is 2. The van der Waals surface area contributed by atoms with Crippen molar-refractivity contribution in [3.8, 4) is 0 Å². The predicted octanol–water partition coefficient (Wildman–Crippen LogP) is 4.45. The van der Waals surface area contributed by atoms with Gasteiger partial charge in [-0.2, -0.15) is 0 Å². The van der Waals surface area contributed by atoms with Crippen LogP contribution in [0.15, 0.2) is 46.8 Å². The van der Waals surface area contributed by atoms with Gasteiger partial charge < -0.3 is 5.32 Å². The Balaban J connectivity index is 1.54. The van der Waals surface area contributed by atoms with E-state index in [9.17, 15) is 18.4 Å². The molecule has 0 radical (unpaired) electrons. The molecule has 0 saturated carbocycles. The number of anilines is 2. The first-order valence-corrected chi connectivity index (χ1v) is 9.87. The fourth-order valence-corrected chi connectivity index (χ4v) is 3.80. The van der Waals surface area contributed by atoms with Crippen molar-refractivity contribution in [1.82, 2.24) is 10.2 Å². The number of thioether (sulfide) groups is 1. The summed E-state index contributed by atoms with van der Waals surface area (Å²) >= 11 is 8.11. The van der Waals surface area contributed by atoms with E-state index in [1.54, 1.807) is 24.3 Å². The number of benzene rings is 2. The Hall–Kier alpha value is -2.56. The van der Waals surface area contributed by atoms with E-state index in [1.165, 1.54) is 0 Å². The quantitative estimate of drug-likeness (QED) is 0.437. The molecule has 28 heavy (non-hydrogen) atoms. The summed E-state index contributed by atoms with van der Waals surface area (Å²) in [4.78, 5) is 24.1. The third kappa shape index (κ3) is 5.24. The van der Waals surface area contributed by atoms with Crippen molar-refractivity contribution in [2.75, 3.05) is 16.4 Å². The lowest BCUT2D eigenvalue weighted by Crippen LogP contribution is -2.15. The Morgan fingerprint density at radius 3 is 2.64 bits per heavy atom. The summed E-state index contributed by atoms with van der Waals surface area (Å²) in [5, 5.41) is 13.2. The van der Waals surface area contributed by atoms with Crippen LogP contribution in [-0.4, -0.2) is 27.8 Å². The van der Waals surface area contributed by atoms with Gasteiger partial charge in [0.1, 0.15) is 11.6 Å². The summed E-state index contributed by atoms with van der Waals surface area (Å²) in [6.07, 6.45) is 0. The number of halogens is 3. The number of carbonyl (C=O) groups is 2. The van der Waals surface area contributed by atoms with Crippen LogP contribution in [0.3, 0.4) is 0 Å². The average Bonchev–Trinajstić information content (AvgIpc) is 3.10. The summed E-state index contributed by atoms with van der Waals surface area (Å²) in [6.45, 7) is 0. The van der Waals surface area contributed by atoms with Gasteiger partial charge in [-0.25, -0.2) is 8.78 Å². The Morgan fingerprint density at radius 2 is 1.89 bits per heavy atom. The molecule has 0 spiro atoms. The lowest BCUT2D eigenvalue weighted by atomic mass is 10.2. The zero-order valence-corrected chi connectivity index (χ0v) is 16.3. The number of carbonyl (C=O) groups excluding carboxylic acids is 2. The lowest BCUT2D eigenvalue weighted by Gasteiger charge is -2.05. The fraction of sp³-hybridized carbons (Fsp3) is 0.0588. The number of hydrogen-bond donors (Lipinski definition) is 2. The topological polar surface area (TPSA) is 84.0 Å². The largest absolute Gasteiger partial charge is 0.323 e. The standard InChI is InChI=1S/C17H11ClF2N4O2S2/c18-11-4-2-1-3-10(11)15(26)22-16-23-24-17(28-16)27-8-14(25)21-13-6-5-9(19)7-12(13)20/h1-7H,8H2,(H,21,25)(H,22,23,26). The van der Waals surface area contributed by atoms with Crippen molar-refractivity contribution in [2.45, 2.75) is 4.34 Å². The van der Waals surface area contributed by atoms with Crippen LogP contribution < -0.4 is 10.6 Å². The third-order valence-corrected chi connectivity index (χ3v) is 5.58. The van der Waals surface area contributed by atoms with E-state index in [2.05, 4.69) is 20.8 Å². The molecule has 0 fully saturated rings. The van der Waals surface area contributed by atoms with Gasteiger partial charge in [0, 0.05) is 6.07 Å². The molecule has 11 heteroatoms. The van der Waals surface area contributed by atoms with Crippen molar-refractivity contribution >= 4 is 57.3 Å². The van der Waals surface area contributed by atoms with Gasteiger partial charge >= 0.3 is 0 Å². The van der Waals surface area contributed by atoms with Gasteiger partial charge in [-0.15, -0.1) is 10.2 Å². The van der Waals surface area contributed by atoms with Crippen LogP contribution in [0.25, 0.3) is 0 Å². The lowest BCUT2D eigenvalue weighted by molar-refractivity contribution is -0.113. The highest BCUT2D eigenvalue weighted by molar-refractivity contribution is 8.01. The van der Waals surface area contributed by atoms with Crippen LogP contribution in [0.4, 0.5) is 19.6 Å². The second-order valence-electron chi connectivity index (χ2n) is 5.27. The maximum Gasteiger partial charge on any atom is 0.259 e. The van der Waals surface area contributed by atoms with E-state index in [1.807, 2.05) is 0 Å². The van der Waals surface area contributed by atoms with Crippen LogP contribution >= 0.6 is 34.7 Å². The zero-order chi connectivity index (χ0) is 20.1. The van der Waals surface area contributed by atoms with E-state index in [0.717, 1.165) is 35.2 Å². The van der Waals surface area contributed by atoms with Gasteiger partial charge in [0.25, 0.3) is 5.91 Å². The fourth-order valence-electron chi connectivity index (χ4n) is 2.03. The van der Waals surface area contributed by atoms with E-state index in [4.69, 9.17) is 11.6 Å². The van der Waals surface area contributed by atoms with Gasteiger partial charge in [0.2, 0.25) is 11.0 Å². The normalized spacial score (nSPS) is 10.5. The van der Waals surface area contributed by atoms with E-state index in [-0.39, 0.29) is 16.6 Å². The van der Waals surface area contributed by atoms with Crippen molar-refractivity contribution in [1.29, 1.82) is 0 Å². The van der Waals surface area contributed by atoms with Crippen molar-refractivity contribution in [3.63, 3.8) is 0 Å². The molecule has 6 nitrogen and oxygen atoms in total. The number of rotatable bonds is 6. The van der Waals surface area contributed by atoms with Crippen molar-refractivity contribution in [3.05, 3.63) is 64.7 Å². The number of amides is 2. The van der Waals surface area contributed by atoms with Gasteiger partial charge in [-0.1, -0.05) is 46.8 Å². The third-order valence-electron chi connectivity index (χ3n) is 3.28. The maximum absolute atomic E-state index is 13.5. The number of hydrogen-bond acceptors (Lipinski definition) is 6. The first-order chi connectivity index (χ1) is 13.4. The Bertz CT molecular complexity index is 1030. The number of nitrogens with one attached hydrogen (secondary N) is 2. The molecule has 144 valence electrons. The summed E-state index contributed by atoms with van der Waals surface area (Å²) < 4.78 is 26.8. The van der Waals surface area contributed by atoms with Gasteiger partial charge in [0.05, 0.1) is 22.0 Å². The second-order valence-corrected chi connectivity index (χ2v) is 7.88. The molecule has 3 aromatic rings. The average molecular weight is 441 g/mol. The van der Waals surface area contributed by atoms with Crippen LogP contribution in [0.5, 0.6) is 0 Å². The summed E-state index contributed by atoms with van der Waals surface area (Å²) in [5.74, 6) is -2.58. The molecule has 0 aliphatic carbocycles. The minimum atomic E-state index is -0.862. The Labute approximate surface area is 171 Å². The van der Waals surface area contributed by atoms with Crippen LogP contribution in [0, 0.1) is 11.6 Å². The molecule has 0 saturated heterocycles. The molecule has 3 rings (SSSR count). The molecular formula is C17H11ClF2N4O2S2. The Morgan fingerprint density at radius 1 is 1.11 bits per heavy atom. The summed E-state index contributed by atoms with van der Waals surface area (Å²) in [5.41, 5.74) is 0.186. The molecule has 0 aliphatic heterocycles. The van der Waals surface area contributed by atoms with Crippen LogP contribution in [0.2, 0.25) is 5.02 Å². The number of nitrogens with zero attached hydrogens (tertiary/aromatic N) is 2. The summed E-state index contributed by atoms with van der Waals surface area (Å²) in [7, 11) is 0. The first kappa shape index (κ1) is 20.2. The second kappa shape index (κ2) is 9.09.